The Bertz CT molecular complexity index is 725. The third kappa shape index (κ3) is 5.55. The van der Waals surface area contributed by atoms with Crippen molar-refractivity contribution in [2.75, 3.05) is 18.7 Å². The highest BCUT2D eigenvalue weighted by molar-refractivity contribution is 7.92. The van der Waals surface area contributed by atoms with Gasteiger partial charge in [-0.1, -0.05) is 24.3 Å². The summed E-state index contributed by atoms with van der Waals surface area (Å²) in [4.78, 5) is 0. The van der Waals surface area contributed by atoms with Gasteiger partial charge in [0.1, 0.15) is 17.1 Å². The fraction of sp³-hybridized carbons (Fsp3) is 0.333. The highest BCUT2D eigenvalue weighted by Gasteiger charge is 2.32. The molecule has 0 aliphatic rings. The van der Waals surface area contributed by atoms with E-state index < -0.39 is 35.3 Å². The van der Waals surface area contributed by atoms with Gasteiger partial charge in [-0.2, -0.15) is 0 Å². The van der Waals surface area contributed by atoms with Gasteiger partial charge in [0.2, 0.25) is 0 Å². The summed E-state index contributed by atoms with van der Waals surface area (Å²) in [5, 5.41) is -0.717. The first-order valence-corrected chi connectivity index (χ1v) is 11.3. The third-order valence-corrected chi connectivity index (χ3v) is 8.20. The second-order valence-corrected chi connectivity index (χ2v) is 9.44. The predicted molar refractivity (Wildman–Crippen MR) is 98.5 cm³/mol. The summed E-state index contributed by atoms with van der Waals surface area (Å²) in [6.45, 7) is 3.66. The minimum Gasteiger partial charge on any atom is -0.308 e. The van der Waals surface area contributed by atoms with Crippen molar-refractivity contribution in [1.29, 1.82) is 0 Å². The van der Waals surface area contributed by atoms with Crippen LogP contribution in [-0.2, 0) is 24.4 Å². The van der Waals surface area contributed by atoms with Gasteiger partial charge in [0.25, 0.3) is 0 Å². The van der Waals surface area contributed by atoms with E-state index in [4.69, 9.17) is 9.05 Å². The normalized spacial score (nSPS) is 13.1. The molecule has 2 aromatic carbocycles. The molecular weight excluding hydrogens is 381 g/mol. The molecule has 0 fully saturated rings. The zero-order chi connectivity index (χ0) is 19.2. The van der Waals surface area contributed by atoms with Crippen molar-refractivity contribution in [2.45, 2.75) is 19.1 Å². The van der Waals surface area contributed by atoms with E-state index in [1.807, 2.05) is 0 Å². The zero-order valence-corrected chi connectivity index (χ0v) is 16.3. The highest BCUT2D eigenvalue weighted by Crippen LogP contribution is 2.50. The van der Waals surface area contributed by atoms with Gasteiger partial charge < -0.3 is 9.05 Å². The van der Waals surface area contributed by atoms with Gasteiger partial charge in [-0.3, -0.25) is 8.77 Å². The Hall–Kier alpha value is -1.40. The quantitative estimate of drug-likeness (QED) is 0.553. The SMILES string of the molecule is CCOP(=O)(C[S@@](=O)C(c1ccc(F)cc1)c1ccc(F)cc1)OCC. The van der Waals surface area contributed by atoms with Gasteiger partial charge in [0, 0.05) is 10.8 Å². The molecule has 0 bridgehead atoms. The molecule has 0 spiro atoms. The Morgan fingerprint density at radius 3 is 1.62 bits per heavy atom. The summed E-state index contributed by atoms with van der Waals surface area (Å²) in [5.74, 6) is -0.849. The van der Waals surface area contributed by atoms with Gasteiger partial charge in [-0.25, -0.2) is 8.78 Å². The Labute approximate surface area is 154 Å². The van der Waals surface area contributed by atoms with Crippen molar-refractivity contribution >= 4 is 18.4 Å². The lowest BCUT2D eigenvalue weighted by molar-refractivity contribution is 0.224. The van der Waals surface area contributed by atoms with Gasteiger partial charge in [0.15, 0.2) is 0 Å². The fourth-order valence-electron chi connectivity index (χ4n) is 2.51. The van der Waals surface area contributed by atoms with E-state index >= 15 is 0 Å². The van der Waals surface area contributed by atoms with Crippen LogP contribution < -0.4 is 0 Å². The lowest BCUT2D eigenvalue weighted by Gasteiger charge is -2.22. The molecule has 1 atom stereocenters. The molecule has 0 unspecified atom stereocenters. The van der Waals surface area contributed by atoms with Gasteiger partial charge in [-0.05, 0) is 49.2 Å². The Morgan fingerprint density at radius 1 is 0.885 bits per heavy atom. The van der Waals surface area contributed by atoms with E-state index in [0.717, 1.165) is 0 Å². The highest BCUT2D eigenvalue weighted by atomic mass is 32.2. The van der Waals surface area contributed by atoms with Crippen LogP contribution in [-0.4, -0.2) is 22.9 Å². The van der Waals surface area contributed by atoms with E-state index in [1.165, 1.54) is 48.5 Å². The largest absolute Gasteiger partial charge is 0.343 e. The van der Waals surface area contributed by atoms with E-state index in [-0.39, 0.29) is 18.7 Å². The van der Waals surface area contributed by atoms with Crippen molar-refractivity contribution in [3.63, 3.8) is 0 Å². The molecule has 2 aromatic rings. The standard InChI is InChI=1S/C18H21F2O4PS/c1-3-23-25(21,24-4-2)13-26(22)18(14-5-9-16(19)10-6-14)15-7-11-17(20)12-8-15/h5-12,18H,3-4,13H2,1-2H3/t26-/m1/s1. The second-order valence-electron chi connectivity index (χ2n) is 5.44. The molecule has 0 saturated heterocycles. The third-order valence-electron chi connectivity index (χ3n) is 3.55. The summed E-state index contributed by atoms with van der Waals surface area (Å²) >= 11 is 0. The molecule has 0 heterocycles. The monoisotopic (exact) mass is 402 g/mol. The Kier molecular flexibility index (Phi) is 7.65. The smallest absolute Gasteiger partial charge is 0.308 e. The van der Waals surface area contributed by atoms with Crippen LogP contribution >= 0.6 is 7.60 Å². The minimum atomic E-state index is -3.54. The molecule has 142 valence electrons. The number of hydrogen-bond acceptors (Lipinski definition) is 4. The number of benzene rings is 2. The first-order valence-electron chi connectivity index (χ1n) is 8.14. The molecule has 0 aliphatic heterocycles. The van der Waals surface area contributed by atoms with Crippen LogP contribution in [0.1, 0.15) is 30.2 Å². The maximum absolute atomic E-state index is 13.3. The Balaban J connectivity index is 2.39. The average molecular weight is 402 g/mol. The Morgan fingerprint density at radius 2 is 1.27 bits per heavy atom. The molecule has 4 nitrogen and oxygen atoms in total. The molecule has 0 saturated carbocycles. The van der Waals surface area contributed by atoms with Crippen molar-refractivity contribution < 1.29 is 26.6 Å². The molecule has 0 radical (unpaired) electrons. The van der Waals surface area contributed by atoms with Gasteiger partial charge >= 0.3 is 7.60 Å². The topological polar surface area (TPSA) is 52.6 Å². The second kappa shape index (κ2) is 9.51. The first kappa shape index (κ1) is 20.9. The summed E-state index contributed by atoms with van der Waals surface area (Å²) < 4.78 is 62.8. The van der Waals surface area contributed by atoms with Crippen LogP contribution in [0.3, 0.4) is 0 Å². The molecule has 0 amide bonds. The zero-order valence-electron chi connectivity index (χ0n) is 14.6. The lowest BCUT2D eigenvalue weighted by atomic mass is 10.0. The maximum atomic E-state index is 13.3. The fourth-order valence-corrected chi connectivity index (χ4v) is 6.73. The summed E-state index contributed by atoms with van der Waals surface area (Å²) in [6, 6.07) is 11.1. The minimum absolute atomic E-state index is 0.159. The number of hydrogen-bond donors (Lipinski definition) is 0. The first-order chi connectivity index (χ1) is 12.4. The molecule has 0 aliphatic carbocycles. The number of rotatable bonds is 9. The molecule has 8 heteroatoms. The maximum Gasteiger partial charge on any atom is 0.343 e. The van der Waals surface area contributed by atoms with Crippen LogP contribution in [0, 0.1) is 11.6 Å². The summed E-state index contributed by atoms with van der Waals surface area (Å²) in [7, 11) is -5.24. The van der Waals surface area contributed by atoms with Gasteiger partial charge in [-0.15, -0.1) is 0 Å². The van der Waals surface area contributed by atoms with E-state index in [2.05, 4.69) is 0 Å². The van der Waals surface area contributed by atoms with E-state index in [0.29, 0.717) is 11.1 Å². The van der Waals surface area contributed by atoms with Crippen molar-refractivity contribution in [3.05, 3.63) is 71.3 Å². The molecular formula is C18H21F2O4PS. The molecule has 0 aromatic heterocycles. The van der Waals surface area contributed by atoms with E-state index in [1.54, 1.807) is 13.8 Å². The van der Waals surface area contributed by atoms with Gasteiger partial charge in [0.05, 0.1) is 18.5 Å². The molecule has 2 rings (SSSR count). The van der Waals surface area contributed by atoms with Crippen LogP contribution in [0.15, 0.2) is 48.5 Å². The van der Waals surface area contributed by atoms with Crippen molar-refractivity contribution in [3.8, 4) is 0 Å². The summed E-state index contributed by atoms with van der Waals surface area (Å²) in [6.07, 6.45) is 0. The van der Waals surface area contributed by atoms with Crippen LogP contribution in [0.25, 0.3) is 0 Å². The van der Waals surface area contributed by atoms with Crippen molar-refractivity contribution in [2.24, 2.45) is 0 Å². The lowest BCUT2D eigenvalue weighted by Crippen LogP contribution is -2.14. The van der Waals surface area contributed by atoms with Crippen LogP contribution in [0.4, 0.5) is 8.78 Å². The van der Waals surface area contributed by atoms with Crippen LogP contribution in [0.5, 0.6) is 0 Å². The number of halogens is 2. The van der Waals surface area contributed by atoms with Crippen molar-refractivity contribution in [1.82, 2.24) is 0 Å². The molecule has 26 heavy (non-hydrogen) atoms. The molecule has 0 N–H and O–H groups in total. The summed E-state index contributed by atoms with van der Waals surface area (Å²) in [5.41, 5.74) is 0.820. The van der Waals surface area contributed by atoms with Crippen LogP contribution in [0.2, 0.25) is 0 Å². The average Bonchev–Trinajstić information content (AvgIpc) is 2.59. The van der Waals surface area contributed by atoms with E-state index in [9.17, 15) is 17.6 Å². The predicted octanol–water partition coefficient (Wildman–Crippen LogP) is 5.03.